The Balaban J connectivity index is 2.25. The van der Waals surface area contributed by atoms with Gasteiger partial charge in [-0.3, -0.25) is 4.72 Å². The summed E-state index contributed by atoms with van der Waals surface area (Å²) in [5, 5.41) is 8.89. The molecule has 0 aromatic heterocycles. The third-order valence-corrected chi connectivity index (χ3v) is 3.87. The van der Waals surface area contributed by atoms with Gasteiger partial charge in [0, 0.05) is 5.69 Å². The highest BCUT2D eigenvalue weighted by atomic mass is 32.2. The Hall–Kier alpha value is -1.92. The highest BCUT2D eigenvalue weighted by Crippen LogP contribution is 2.17. The molecule has 0 saturated heterocycles. The predicted molar refractivity (Wildman–Crippen MR) is 69.6 cm³/mol. The molecular formula is C13H12FNO3S. The highest BCUT2D eigenvalue weighted by Gasteiger charge is 2.14. The van der Waals surface area contributed by atoms with Crippen molar-refractivity contribution < 1.29 is 17.9 Å². The maximum atomic E-state index is 13.0. The molecule has 2 aromatic carbocycles. The van der Waals surface area contributed by atoms with Gasteiger partial charge in [-0.15, -0.1) is 0 Å². The van der Waals surface area contributed by atoms with Gasteiger partial charge in [-0.1, -0.05) is 18.2 Å². The summed E-state index contributed by atoms with van der Waals surface area (Å²) in [6.45, 7) is -0.114. The van der Waals surface area contributed by atoms with Crippen LogP contribution in [0.15, 0.2) is 53.4 Å². The minimum Gasteiger partial charge on any atom is -0.392 e. The van der Waals surface area contributed by atoms with Crippen LogP contribution in [0.3, 0.4) is 0 Å². The van der Waals surface area contributed by atoms with Crippen molar-refractivity contribution in [2.45, 2.75) is 11.5 Å². The molecule has 0 unspecified atom stereocenters. The third kappa shape index (κ3) is 3.30. The van der Waals surface area contributed by atoms with E-state index >= 15 is 0 Å². The fourth-order valence-corrected chi connectivity index (χ4v) is 2.62. The summed E-state index contributed by atoms with van der Waals surface area (Å²) in [6, 6.07) is 11.0. The summed E-state index contributed by atoms with van der Waals surface area (Å²) >= 11 is 0. The molecule has 19 heavy (non-hydrogen) atoms. The quantitative estimate of drug-likeness (QED) is 0.902. The second kappa shape index (κ2) is 5.38. The van der Waals surface area contributed by atoms with Gasteiger partial charge in [-0.2, -0.15) is 0 Å². The molecule has 0 bridgehead atoms. The fourth-order valence-electron chi connectivity index (χ4n) is 1.53. The van der Waals surface area contributed by atoms with Crippen molar-refractivity contribution >= 4 is 15.7 Å². The SMILES string of the molecule is O=S(=O)(Nc1ccc(CO)cc1)c1cccc(F)c1. The summed E-state index contributed by atoms with van der Waals surface area (Å²) in [7, 11) is -3.81. The second-order valence-electron chi connectivity index (χ2n) is 3.92. The summed E-state index contributed by atoms with van der Waals surface area (Å²) in [4.78, 5) is -0.140. The Bertz CT molecular complexity index is 669. The van der Waals surface area contributed by atoms with Crippen molar-refractivity contribution in [2.75, 3.05) is 4.72 Å². The van der Waals surface area contributed by atoms with Crippen molar-refractivity contribution in [3.63, 3.8) is 0 Å². The van der Waals surface area contributed by atoms with Crippen LogP contribution in [0.4, 0.5) is 10.1 Å². The zero-order chi connectivity index (χ0) is 13.9. The molecule has 2 rings (SSSR count). The van der Waals surface area contributed by atoms with Gasteiger partial charge in [0.2, 0.25) is 0 Å². The lowest BCUT2D eigenvalue weighted by atomic mass is 10.2. The van der Waals surface area contributed by atoms with Crippen LogP contribution in [0.25, 0.3) is 0 Å². The van der Waals surface area contributed by atoms with E-state index in [9.17, 15) is 12.8 Å². The number of aliphatic hydroxyl groups excluding tert-OH is 1. The average molecular weight is 281 g/mol. The molecular weight excluding hydrogens is 269 g/mol. The molecule has 4 nitrogen and oxygen atoms in total. The van der Waals surface area contributed by atoms with Crippen LogP contribution in [-0.4, -0.2) is 13.5 Å². The van der Waals surface area contributed by atoms with Crippen molar-refractivity contribution in [1.82, 2.24) is 0 Å². The molecule has 0 amide bonds. The largest absolute Gasteiger partial charge is 0.392 e. The number of aliphatic hydroxyl groups is 1. The Morgan fingerprint density at radius 2 is 1.79 bits per heavy atom. The van der Waals surface area contributed by atoms with E-state index in [4.69, 9.17) is 5.11 Å². The maximum absolute atomic E-state index is 13.0. The molecule has 2 N–H and O–H groups in total. The Kier molecular flexibility index (Phi) is 3.82. The van der Waals surface area contributed by atoms with Gasteiger partial charge >= 0.3 is 0 Å². The van der Waals surface area contributed by atoms with Crippen LogP contribution in [-0.2, 0) is 16.6 Å². The number of sulfonamides is 1. The van der Waals surface area contributed by atoms with Gasteiger partial charge in [0.25, 0.3) is 10.0 Å². The Labute approximate surface area is 110 Å². The van der Waals surface area contributed by atoms with E-state index in [1.54, 1.807) is 12.1 Å². The number of nitrogens with one attached hydrogen (secondary N) is 1. The maximum Gasteiger partial charge on any atom is 0.261 e. The minimum atomic E-state index is -3.81. The predicted octanol–water partition coefficient (Wildman–Crippen LogP) is 2.12. The van der Waals surface area contributed by atoms with E-state index in [-0.39, 0.29) is 11.5 Å². The third-order valence-electron chi connectivity index (χ3n) is 2.50. The zero-order valence-corrected chi connectivity index (χ0v) is 10.7. The number of hydrogen-bond acceptors (Lipinski definition) is 3. The van der Waals surface area contributed by atoms with Gasteiger partial charge in [-0.25, -0.2) is 12.8 Å². The van der Waals surface area contributed by atoms with Crippen molar-refractivity contribution in [3.05, 3.63) is 59.9 Å². The van der Waals surface area contributed by atoms with Crippen LogP contribution in [0.5, 0.6) is 0 Å². The first kappa shape index (κ1) is 13.5. The smallest absolute Gasteiger partial charge is 0.261 e. The fraction of sp³-hybridized carbons (Fsp3) is 0.0769. The highest BCUT2D eigenvalue weighted by molar-refractivity contribution is 7.92. The van der Waals surface area contributed by atoms with Crippen LogP contribution in [0.1, 0.15) is 5.56 Å². The molecule has 0 aliphatic heterocycles. The summed E-state index contributed by atoms with van der Waals surface area (Å²) in [6.07, 6.45) is 0. The van der Waals surface area contributed by atoms with Crippen LogP contribution in [0, 0.1) is 5.82 Å². The zero-order valence-electron chi connectivity index (χ0n) is 9.88. The number of anilines is 1. The van der Waals surface area contributed by atoms with Crippen molar-refractivity contribution in [3.8, 4) is 0 Å². The summed E-state index contributed by atoms with van der Waals surface area (Å²) < 4.78 is 39.3. The molecule has 100 valence electrons. The van der Waals surface area contributed by atoms with Gasteiger partial charge in [0.1, 0.15) is 5.82 Å². The molecule has 0 aliphatic rings. The molecule has 0 atom stereocenters. The molecule has 0 saturated carbocycles. The van der Waals surface area contributed by atoms with Gasteiger partial charge in [0.05, 0.1) is 11.5 Å². The molecule has 2 aromatic rings. The van der Waals surface area contributed by atoms with E-state index in [1.165, 1.54) is 30.3 Å². The van der Waals surface area contributed by atoms with Crippen molar-refractivity contribution in [2.24, 2.45) is 0 Å². The molecule has 0 aliphatic carbocycles. The normalized spacial score (nSPS) is 11.3. The topological polar surface area (TPSA) is 66.4 Å². The standard InChI is InChI=1S/C13H12FNO3S/c14-11-2-1-3-13(8-11)19(17,18)15-12-6-4-10(9-16)5-7-12/h1-8,15-16H,9H2. The van der Waals surface area contributed by atoms with E-state index in [0.29, 0.717) is 11.3 Å². The summed E-state index contributed by atoms with van der Waals surface area (Å²) in [5.74, 6) is -0.612. The van der Waals surface area contributed by atoms with Crippen LogP contribution >= 0.6 is 0 Å². The number of rotatable bonds is 4. The van der Waals surface area contributed by atoms with Gasteiger partial charge < -0.3 is 5.11 Å². The Morgan fingerprint density at radius 3 is 2.37 bits per heavy atom. The first-order chi connectivity index (χ1) is 9.01. The lowest BCUT2D eigenvalue weighted by Crippen LogP contribution is -2.13. The number of benzene rings is 2. The number of halogens is 1. The van der Waals surface area contributed by atoms with E-state index in [1.807, 2.05) is 0 Å². The lowest BCUT2D eigenvalue weighted by molar-refractivity contribution is 0.282. The van der Waals surface area contributed by atoms with Crippen LogP contribution < -0.4 is 4.72 Å². The van der Waals surface area contributed by atoms with Crippen LogP contribution in [0.2, 0.25) is 0 Å². The van der Waals surface area contributed by atoms with E-state index < -0.39 is 15.8 Å². The minimum absolute atomic E-state index is 0.114. The van der Waals surface area contributed by atoms with E-state index in [2.05, 4.69) is 4.72 Å². The summed E-state index contributed by atoms with van der Waals surface area (Å²) in [5.41, 5.74) is 1.02. The van der Waals surface area contributed by atoms with Gasteiger partial charge in [-0.05, 0) is 35.9 Å². The lowest BCUT2D eigenvalue weighted by Gasteiger charge is -2.08. The van der Waals surface area contributed by atoms with Crippen molar-refractivity contribution in [1.29, 1.82) is 0 Å². The molecule has 0 fully saturated rings. The first-order valence-electron chi connectivity index (χ1n) is 5.49. The van der Waals surface area contributed by atoms with Gasteiger partial charge in [0.15, 0.2) is 0 Å². The molecule has 0 radical (unpaired) electrons. The molecule has 6 heteroatoms. The molecule has 0 spiro atoms. The monoisotopic (exact) mass is 281 g/mol. The first-order valence-corrected chi connectivity index (χ1v) is 6.98. The molecule has 0 heterocycles. The Morgan fingerprint density at radius 1 is 1.11 bits per heavy atom. The average Bonchev–Trinajstić information content (AvgIpc) is 2.39. The number of hydrogen-bond donors (Lipinski definition) is 2. The van der Waals surface area contributed by atoms with E-state index in [0.717, 1.165) is 6.07 Å². The second-order valence-corrected chi connectivity index (χ2v) is 5.60.